The molecule has 0 atom stereocenters. The molecule has 4 heteroatoms. The largest absolute Gasteiger partial charge is 0.340 e. The average molecular weight is 342 g/mol. The average Bonchev–Trinajstić information content (AvgIpc) is 2.27. The van der Waals surface area contributed by atoms with Gasteiger partial charge in [0.05, 0.1) is 0 Å². The highest BCUT2D eigenvalue weighted by atomic mass is 79.9. The van der Waals surface area contributed by atoms with Gasteiger partial charge in [-0.25, -0.2) is 4.98 Å². The van der Waals surface area contributed by atoms with Crippen LogP contribution in [0.1, 0.15) is 5.56 Å². The van der Waals surface area contributed by atoms with Gasteiger partial charge in [-0.1, -0.05) is 15.9 Å². The molecule has 1 heterocycles. The second kappa shape index (κ2) is 4.97. The number of hydrogen-bond donors (Lipinski definition) is 1. The van der Waals surface area contributed by atoms with Gasteiger partial charge in [0.2, 0.25) is 0 Å². The first-order chi connectivity index (χ1) is 7.65. The molecule has 2 aromatic rings. The molecule has 0 aliphatic heterocycles. The molecule has 0 unspecified atom stereocenters. The Bertz CT molecular complexity index is 495. The summed E-state index contributed by atoms with van der Waals surface area (Å²) in [5.74, 6) is 0.850. The Morgan fingerprint density at radius 1 is 1.12 bits per heavy atom. The summed E-state index contributed by atoms with van der Waals surface area (Å²) >= 11 is 6.83. The molecule has 1 N–H and O–H groups in total. The van der Waals surface area contributed by atoms with E-state index in [1.807, 2.05) is 37.3 Å². The predicted molar refractivity (Wildman–Crippen MR) is 74.1 cm³/mol. The lowest BCUT2D eigenvalue weighted by atomic mass is 10.3. The second-order valence-corrected chi connectivity index (χ2v) is 5.22. The molecule has 0 bridgehead atoms. The van der Waals surface area contributed by atoms with Gasteiger partial charge in [-0.3, -0.25) is 0 Å². The van der Waals surface area contributed by atoms with Gasteiger partial charge in [0.25, 0.3) is 0 Å². The smallest absolute Gasteiger partial charge is 0.130 e. The van der Waals surface area contributed by atoms with E-state index >= 15 is 0 Å². The maximum absolute atomic E-state index is 4.29. The van der Waals surface area contributed by atoms with Gasteiger partial charge in [0.1, 0.15) is 5.82 Å². The Balaban J connectivity index is 2.20. The number of halogens is 2. The van der Waals surface area contributed by atoms with E-state index in [1.165, 1.54) is 0 Å². The van der Waals surface area contributed by atoms with Gasteiger partial charge in [-0.15, -0.1) is 0 Å². The highest BCUT2D eigenvalue weighted by molar-refractivity contribution is 9.10. The van der Waals surface area contributed by atoms with Crippen LogP contribution in [0.4, 0.5) is 11.5 Å². The molecule has 0 saturated carbocycles. The summed E-state index contributed by atoms with van der Waals surface area (Å²) in [6, 6.07) is 10.0. The van der Waals surface area contributed by atoms with Crippen LogP contribution < -0.4 is 5.32 Å². The Morgan fingerprint density at radius 2 is 1.81 bits per heavy atom. The minimum absolute atomic E-state index is 0.850. The van der Waals surface area contributed by atoms with Gasteiger partial charge in [0.15, 0.2) is 0 Å². The van der Waals surface area contributed by atoms with Crippen molar-refractivity contribution in [2.24, 2.45) is 0 Å². The molecular weight excluding hydrogens is 332 g/mol. The normalized spacial score (nSPS) is 10.2. The topological polar surface area (TPSA) is 24.9 Å². The lowest BCUT2D eigenvalue weighted by molar-refractivity contribution is 1.25. The van der Waals surface area contributed by atoms with Gasteiger partial charge in [-0.2, -0.15) is 0 Å². The number of aromatic nitrogens is 1. The molecule has 0 aliphatic carbocycles. The summed E-state index contributed by atoms with van der Waals surface area (Å²) in [4.78, 5) is 4.29. The van der Waals surface area contributed by atoms with E-state index < -0.39 is 0 Å². The van der Waals surface area contributed by atoms with Crippen molar-refractivity contribution in [3.63, 3.8) is 0 Å². The van der Waals surface area contributed by atoms with E-state index in [2.05, 4.69) is 42.2 Å². The van der Waals surface area contributed by atoms with E-state index in [1.54, 1.807) is 6.20 Å². The van der Waals surface area contributed by atoms with Crippen LogP contribution in [-0.4, -0.2) is 4.98 Å². The molecule has 0 aliphatic rings. The molecule has 2 nitrogen and oxygen atoms in total. The van der Waals surface area contributed by atoms with Crippen LogP contribution >= 0.6 is 31.9 Å². The number of hydrogen-bond acceptors (Lipinski definition) is 2. The molecule has 16 heavy (non-hydrogen) atoms. The van der Waals surface area contributed by atoms with Crippen molar-refractivity contribution >= 4 is 43.4 Å². The first-order valence-electron chi connectivity index (χ1n) is 4.80. The molecule has 1 aromatic heterocycles. The summed E-state index contributed by atoms with van der Waals surface area (Å²) in [5, 5.41) is 3.25. The summed E-state index contributed by atoms with van der Waals surface area (Å²) in [7, 11) is 0. The lowest BCUT2D eigenvalue weighted by Gasteiger charge is -2.07. The zero-order valence-electron chi connectivity index (χ0n) is 8.67. The van der Waals surface area contributed by atoms with Crippen LogP contribution in [0.25, 0.3) is 0 Å². The maximum Gasteiger partial charge on any atom is 0.130 e. The molecule has 0 saturated heterocycles. The minimum atomic E-state index is 0.850. The minimum Gasteiger partial charge on any atom is -0.340 e. The van der Waals surface area contributed by atoms with Crippen molar-refractivity contribution in [1.82, 2.24) is 4.98 Å². The van der Waals surface area contributed by atoms with E-state index in [0.717, 1.165) is 26.0 Å². The zero-order chi connectivity index (χ0) is 11.5. The molecule has 82 valence electrons. The van der Waals surface area contributed by atoms with Crippen LogP contribution in [0.3, 0.4) is 0 Å². The van der Waals surface area contributed by atoms with E-state index in [-0.39, 0.29) is 0 Å². The third-order valence-corrected chi connectivity index (χ3v) is 3.52. The number of benzene rings is 1. The van der Waals surface area contributed by atoms with Crippen molar-refractivity contribution < 1.29 is 0 Å². The molecular formula is C12H10Br2N2. The Labute approximate surface area is 111 Å². The maximum atomic E-state index is 4.29. The quantitative estimate of drug-likeness (QED) is 0.859. The number of rotatable bonds is 2. The number of anilines is 2. The number of nitrogens with one attached hydrogen (secondary N) is 1. The fraction of sp³-hybridized carbons (Fsp3) is 0.0833. The van der Waals surface area contributed by atoms with Crippen LogP contribution in [0.15, 0.2) is 45.5 Å². The number of nitrogens with zero attached hydrogens (tertiary/aromatic N) is 1. The Morgan fingerprint density at radius 3 is 2.44 bits per heavy atom. The highest BCUT2D eigenvalue weighted by Crippen LogP contribution is 2.21. The Kier molecular flexibility index (Phi) is 3.61. The summed E-state index contributed by atoms with van der Waals surface area (Å²) in [5.41, 5.74) is 2.19. The first kappa shape index (κ1) is 11.6. The highest BCUT2D eigenvalue weighted by Gasteiger charge is 1.99. The second-order valence-electron chi connectivity index (χ2n) is 3.45. The molecule has 0 spiro atoms. The summed E-state index contributed by atoms with van der Waals surface area (Å²) in [6.45, 7) is 2.04. The third-order valence-electron chi connectivity index (χ3n) is 2.16. The molecule has 2 rings (SSSR count). The zero-order valence-corrected chi connectivity index (χ0v) is 11.8. The SMILES string of the molecule is Cc1cc(Nc2ccc(Br)cc2)ncc1Br. The van der Waals surface area contributed by atoms with Crippen molar-refractivity contribution in [2.75, 3.05) is 5.32 Å². The van der Waals surface area contributed by atoms with Gasteiger partial charge < -0.3 is 5.32 Å². The van der Waals surface area contributed by atoms with Crippen LogP contribution in [-0.2, 0) is 0 Å². The monoisotopic (exact) mass is 340 g/mol. The van der Waals surface area contributed by atoms with Gasteiger partial charge in [0, 0.05) is 20.8 Å². The standard InChI is InChI=1S/C12H10Br2N2/c1-8-6-12(15-7-11(8)14)16-10-4-2-9(13)3-5-10/h2-7H,1H3,(H,15,16). The number of aryl methyl sites for hydroxylation is 1. The molecule has 1 aromatic carbocycles. The van der Waals surface area contributed by atoms with Crippen LogP contribution in [0.2, 0.25) is 0 Å². The molecule has 0 fully saturated rings. The van der Waals surface area contributed by atoms with E-state index in [4.69, 9.17) is 0 Å². The third kappa shape index (κ3) is 2.83. The number of pyridine rings is 1. The van der Waals surface area contributed by atoms with Gasteiger partial charge >= 0.3 is 0 Å². The summed E-state index contributed by atoms with van der Waals surface area (Å²) < 4.78 is 2.09. The summed E-state index contributed by atoms with van der Waals surface area (Å²) in [6.07, 6.45) is 1.80. The van der Waals surface area contributed by atoms with Gasteiger partial charge in [-0.05, 0) is 58.7 Å². The van der Waals surface area contributed by atoms with Crippen molar-refractivity contribution in [1.29, 1.82) is 0 Å². The molecule has 0 radical (unpaired) electrons. The van der Waals surface area contributed by atoms with E-state index in [0.29, 0.717) is 0 Å². The van der Waals surface area contributed by atoms with Crippen molar-refractivity contribution in [3.8, 4) is 0 Å². The first-order valence-corrected chi connectivity index (χ1v) is 6.38. The Hall–Kier alpha value is -0.870. The van der Waals surface area contributed by atoms with Crippen molar-refractivity contribution in [2.45, 2.75) is 6.92 Å². The van der Waals surface area contributed by atoms with Crippen molar-refractivity contribution in [3.05, 3.63) is 51.0 Å². The fourth-order valence-corrected chi connectivity index (χ4v) is 1.77. The lowest BCUT2D eigenvalue weighted by Crippen LogP contribution is -1.93. The van der Waals surface area contributed by atoms with Crippen LogP contribution in [0.5, 0.6) is 0 Å². The van der Waals surface area contributed by atoms with Crippen LogP contribution in [0, 0.1) is 6.92 Å². The fourth-order valence-electron chi connectivity index (χ4n) is 1.29. The van der Waals surface area contributed by atoms with E-state index in [9.17, 15) is 0 Å². The molecule has 0 amide bonds. The predicted octanol–water partition coefficient (Wildman–Crippen LogP) is 4.66.